The molecule has 0 aromatic carbocycles. The minimum absolute atomic E-state index is 0.290. The minimum atomic E-state index is -0.290. The van der Waals surface area contributed by atoms with Crippen LogP contribution in [0.15, 0.2) is 4.99 Å². The fourth-order valence-corrected chi connectivity index (χ4v) is 2.28. The molecule has 0 spiro atoms. The highest BCUT2D eigenvalue weighted by Gasteiger charge is 2.14. The molecule has 0 saturated carbocycles. The van der Waals surface area contributed by atoms with Crippen molar-refractivity contribution >= 4 is 22.8 Å². The van der Waals surface area contributed by atoms with Gasteiger partial charge in [-0.1, -0.05) is 18.7 Å². The van der Waals surface area contributed by atoms with Gasteiger partial charge in [0.05, 0.1) is 6.54 Å². The molecule has 14 heavy (non-hydrogen) atoms. The van der Waals surface area contributed by atoms with Gasteiger partial charge in [0.25, 0.3) is 0 Å². The van der Waals surface area contributed by atoms with Crippen LogP contribution >= 0.6 is 11.8 Å². The van der Waals surface area contributed by atoms with Gasteiger partial charge in [-0.05, 0) is 12.8 Å². The van der Waals surface area contributed by atoms with Crippen LogP contribution in [-0.2, 0) is 4.79 Å². The molecule has 0 aromatic rings. The quantitative estimate of drug-likeness (QED) is 0.726. The zero-order valence-electron chi connectivity index (χ0n) is 8.45. The van der Waals surface area contributed by atoms with Crippen LogP contribution < -0.4 is 11.1 Å². The first-order chi connectivity index (χ1) is 6.72. The molecule has 1 fully saturated rings. The summed E-state index contributed by atoms with van der Waals surface area (Å²) in [6.07, 6.45) is 2.65. The van der Waals surface area contributed by atoms with E-state index < -0.39 is 0 Å². The summed E-state index contributed by atoms with van der Waals surface area (Å²) >= 11 is 1.72. The Morgan fingerprint density at radius 1 is 1.79 bits per heavy atom. The van der Waals surface area contributed by atoms with Gasteiger partial charge in [0.15, 0.2) is 5.17 Å². The number of rotatable bonds is 4. The lowest BCUT2D eigenvalue weighted by atomic mass is 10.2. The Morgan fingerprint density at radius 2 is 2.57 bits per heavy atom. The maximum Gasteiger partial charge on any atom is 0.219 e. The third-order valence-electron chi connectivity index (χ3n) is 2.14. The topological polar surface area (TPSA) is 67.5 Å². The Kier molecular flexibility index (Phi) is 4.79. The number of hydrogen-bond donors (Lipinski definition) is 2. The molecule has 1 aliphatic rings. The van der Waals surface area contributed by atoms with Gasteiger partial charge in [-0.2, -0.15) is 0 Å². The van der Waals surface area contributed by atoms with E-state index >= 15 is 0 Å². The monoisotopic (exact) mass is 215 g/mol. The SMILES string of the molecule is CCC1CCSC(=NCCC(N)=O)N1. The number of thioether (sulfide) groups is 1. The summed E-state index contributed by atoms with van der Waals surface area (Å²) in [5.41, 5.74) is 5.03. The lowest BCUT2D eigenvalue weighted by Crippen LogP contribution is -2.37. The number of carbonyl (C=O) groups excluding carboxylic acids is 1. The highest BCUT2D eigenvalue weighted by molar-refractivity contribution is 8.13. The third-order valence-corrected chi connectivity index (χ3v) is 3.10. The second-order valence-electron chi connectivity index (χ2n) is 3.29. The Bertz CT molecular complexity index is 230. The number of nitrogens with zero attached hydrogens (tertiary/aromatic N) is 1. The molecule has 1 unspecified atom stereocenters. The Morgan fingerprint density at radius 3 is 3.21 bits per heavy atom. The van der Waals surface area contributed by atoms with E-state index in [-0.39, 0.29) is 5.91 Å². The predicted molar refractivity (Wildman–Crippen MR) is 60.4 cm³/mol. The predicted octanol–water partition coefficient (Wildman–Crippen LogP) is 0.723. The van der Waals surface area contributed by atoms with Crippen LogP contribution in [0.4, 0.5) is 0 Å². The standard InChI is InChI=1S/C9H17N3OS/c1-2-7-4-6-14-9(12-7)11-5-3-8(10)13/h7H,2-6H2,1H3,(H2,10,13)(H,11,12). The van der Waals surface area contributed by atoms with Crippen molar-refractivity contribution in [3.8, 4) is 0 Å². The maximum atomic E-state index is 10.5. The van der Waals surface area contributed by atoms with Crippen molar-refractivity contribution in [1.82, 2.24) is 5.32 Å². The first-order valence-corrected chi connectivity index (χ1v) is 5.93. The van der Waals surface area contributed by atoms with Gasteiger partial charge in [0, 0.05) is 18.2 Å². The van der Waals surface area contributed by atoms with Gasteiger partial charge in [0.1, 0.15) is 0 Å². The molecule has 1 aliphatic heterocycles. The van der Waals surface area contributed by atoms with E-state index in [0.29, 0.717) is 19.0 Å². The van der Waals surface area contributed by atoms with Crippen molar-refractivity contribution in [1.29, 1.82) is 0 Å². The molecule has 1 amide bonds. The molecular formula is C9H17N3OS. The van der Waals surface area contributed by atoms with Crippen molar-refractivity contribution in [2.45, 2.75) is 32.2 Å². The van der Waals surface area contributed by atoms with Gasteiger partial charge in [0.2, 0.25) is 5.91 Å². The first kappa shape index (κ1) is 11.4. The molecule has 3 N–H and O–H groups in total. The first-order valence-electron chi connectivity index (χ1n) is 4.94. The fraction of sp³-hybridized carbons (Fsp3) is 0.778. The van der Waals surface area contributed by atoms with E-state index in [2.05, 4.69) is 17.2 Å². The highest BCUT2D eigenvalue weighted by atomic mass is 32.2. The number of primary amides is 1. The van der Waals surface area contributed by atoms with Crippen molar-refractivity contribution in [3.63, 3.8) is 0 Å². The molecule has 1 atom stereocenters. The molecular weight excluding hydrogens is 198 g/mol. The lowest BCUT2D eigenvalue weighted by molar-refractivity contribution is -0.117. The van der Waals surface area contributed by atoms with Crippen LogP contribution in [-0.4, -0.2) is 29.4 Å². The molecule has 1 saturated heterocycles. The van der Waals surface area contributed by atoms with Crippen molar-refractivity contribution in [3.05, 3.63) is 0 Å². The van der Waals surface area contributed by atoms with Gasteiger partial charge in [-0.15, -0.1) is 0 Å². The summed E-state index contributed by atoms with van der Waals surface area (Å²) in [5, 5.41) is 4.30. The van der Waals surface area contributed by atoms with E-state index in [9.17, 15) is 4.79 Å². The smallest absolute Gasteiger partial charge is 0.219 e. The lowest BCUT2D eigenvalue weighted by Gasteiger charge is -2.24. The van der Waals surface area contributed by atoms with Crippen molar-refractivity contribution < 1.29 is 4.79 Å². The molecule has 5 heteroatoms. The van der Waals surface area contributed by atoms with E-state index in [1.165, 1.54) is 6.42 Å². The summed E-state index contributed by atoms with van der Waals surface area (Å²) in [5.74, 6) is 0.822. The van der Waals surface area contributed by atoms with E-state index in [0.717, 1.165) is 17.3 Å². The number of nitrogens with two attached hydrogens (primary N) is 1. The van der Waals surface area contributed by atoms with Gasteiger partial charge in [-0.3, -0.25) is 9.79 Å². The number of carbonyl (C=O) groups is 1. The van der Waals surface area contributed by atoms with E-state index in [1.807, 2.05) is 0 Å². The van der Waals surface area contributed by atoms with Crippen LogP contribution in [0.25, 0.3) is 0 Å². The molecule has 4 nitrogen and oxygen atoms in total. The van der Waals surface area contributed by atoms with Crippen molar-refractivity contribution in [2.24, 2.45) is 10.7 Å². The summed E-state index contributed by atoms with van der Waals surface area (Å²) in [4.78, 5) is 14.8. The maximum absolute atomic E-state index is 10.5. The Hall–Kier alpha value is -0.710. The molecule has 0 bridgehead atoms. The average molecular weight is 215 g/mol. The average Bonchev–Trinajstić information content (AvgIpc) is 2.18. The van der Waals surface area contributed by atoms with Crippen LogP contribution in [0.5, 0.6) is 0 Å². The van der Waals surface area contributed by atoms with Crippen LogP contribution in [0.2, 0.25) is 0 Å². The van der Waals surface area contributed by atoms with Crippen LogP contribution in [0, 0.1) is 0 Å². The molecule has 0 radical (unpaired) electrons. The molecule has 1 rings (SSSR count). The summed E-state index contributed by atoms with van der Waals surface area (Å²) in [6, 6.07) is 0.545. The molecule has 0 aromatic heterocycles. The zero-order valence-corrected chi connectivity index (χ0v) is 9.27. The third kappa shape index (κ3) is 4.00. The number of amidine groups is 1. The van der Waals surface area contributed by atoms with E-state index in [4.69, 9.17) is 5.73 Å². The van der Waals surface area contributed by atoms with Crippen LogP contribution in [0.1, 0.15) is 26.2 Å². The minimum Gasteiger partial charge on any atom is -0.370 e. The van der Waals surface area contributed by atoms with Gasteiger partial charge >= 0.3 is 0 Å². The molecule has 1 heterocycles. The van der Waals surface area contributed by atoms with Gasteiger partial charge in [-0.25, -0.2) is 0 Å². The second-order valence-corrected chi connectivity index (χ2v) is 4.37. The number of aliphatic imine (C=N–C) groups is 1. The Balaban J connectivity index is 2.31. The van der Waals surface area contributed by atoms with Crippen molar-refractivity contribution in [2.75, 3.05) is 12.3 Å². The van der Waals surface area contributed by atoms with E-state index in [1.54, 1.807) is 11.8 Å². The summed E-state index contributed by atoms with van der Waals surface area (Å²) < 4.78 is 0. The second kappa shape index (κ2) is 5.90. The Labute approximate surface area is 88.7 Å². The fourth-order valence-electron chi connectivity index (χ4n) is 1.25. The molecule has 0 aliphatic carbocycles. The normalized spacial score (nSPS) is 24.6. The number of nitrogens with one attached hydrogen (secondary N) is 1. The number of hydrogen-bond acceptors (Lipinski definition) is 3. The highest BCUT2D eigenvalue weighted by Crippen LogP contribution is 2.15. The molecule has 80 valence electrons. The largest absolute Gasteiger partial charge is 0.370 e. The zero-order chi connectivity index (χ0) is 10.4. The van der Waals surface area contributed by atoms with Gasteiger partial charge < -0.3 is 11.1 Å². The number of amides is 1. The van der Waals surface area contributed by atoms with Crippen LogP contribution in [0.3, 0.4) is 0 Å². The summed E-state index contributed by atoms with van der Waals surface area (Å²) in [7, 11) is 0. The summed E-state index contributed by atoms with van der Waals surface area (Å²) in [6.45, 7) is 2.66.